The Labute approximate surface area is 156 Å². The first-order chi connectivity index (χ1) is 12.6. The number of amides is 1. The molecule has 9 nitrogen and oxygen atoms in total. The van der Waals surface area contributed by atoms with E-state index in [2.05, 4.69) is 15.3 Å². The Kier molecular flexibility index (Phi) is 3.77. The summed E-state index contributed by atoms with van der Waals surface area (Å²) in [4.78, 5) is 13.8. The number of carbonyl (C=O) groups is 1. The van der Waals surface area contributed by atoms with E-state index < -0.39 is 21.7 Å². The first-order valence-electron chi connectivity index (χ1n) is 8.37. The van der Waals surface area contributed by atoms with E-state index in [4.69, 9.17) is 4.74 Å². The SMILES string of the molecule is CC(C)(C)OC(=O)N1Cc2cn(S(=O)(=O)c3ccc4cn[nH]c4c3)nc2C1. The van der Waals surface area contributed by atoms with Crippen LogP contribution in [0.15, 0.2) is 35.5 Å². The van der Waals surface area contributed by atoms with E-state index in [9.17, 15) is 13.2 Å². The molecule has 1 aliphatic heterocycles. The predicted octanol–water partition coefficient (Wildman–Crippen LogP) is 2.25. The maximum absolute atomic E-state index is 12.9. The molecule has 1 aliphatic rings. The summed E-state index contributed by atoms with van der Waals surface area (Å²) in [5.74, 6) is 0. The summed E-state index contributed by atoms with van der Waals surface area (Å²) in [5, 5.41) is 11.7. The average Bonchev–Trinajstić information content (AvgIpc) is 3.26. The number of nitrogens with one attached hydrogen (secondary N) is 1. The zero-order chi connectivity index (χ0) is 19.4. The molecule has 142 valence electrons. The van der Waals surface area contributed by atoms with Crippen LogP contribution in [0.5, 0.6) is 0 Å². The summed E-state index contributed by atoms with van der Waals surface area (Å²) in [7, 11) is -3.83. The van der Waals surface area contributed by atoms with Crippen molar-refractivity contribution in [3.8, 4) is 0 Å². The second-order valence-electron chi connectivity index (χ2n) is 7.43. The van der Waals surface area contributed by atoms with Crippen LogP contribution in [-0.2, 0) is 27.8 Å². The van der Waals surface area contributed by atoms with Gasteiger partial charge in [0.25, 0.3) is 10.0 Å². The van der Waals surface area contributed by atoms with Crippen molar-refractivity contribution in [3.63, 3.8) is 0 Å². The molecule has 3 heterocycles. The summed E-state index contributed by atoms with van der Waals surface area (Å²) in [6, 6.07) is 4.73. The molecule has 3 aromatic rings. The zero-order valence-corrected chi connectivity index (χ0v) is 15.9. The highest BCUT2D eigenvalue weighted by molar-refractivity contribution is 7.89. The molecule has 0 saturated heterocycles. The normalized spacial score (nSPS) is 14.6. The van der Waals surface area contributed by atoms with Gasteiger partial charge in [-0.1, -0.05) is 0 Å². The van der Waals surface area contributed by atoms with E-state index in [-0.39, 0.29) is 18.0 Å². The molecular weight excluding hydrogens is 370 g/mol. The van der Waals surface area contributed by atoms with Crippen molar-refractivity contribution in [3.05, 3.63) is 41.9 Å². The van der Waals surface area contributed by atoms with Crippen LogP contribution in [0.1, 0.15) is 32.0 Å². The van der Waals surface area contributed by atoms with Gasteiger partial charge in [0, 0.05) is 17.1 Å². The van der Waals surface area contributed by atoms with E-state index in [0.29, 0.717) is 16.8 Å². The van der Waals surface area contributed by atoms with Gasteiger partial charge in [0.05, 0.1) is 35.4 Å². The summed E-state index contributed by atoms with van der Waals surface area (Å²) in [6.07, 6.45) is 2.63. The fourth-order valence-electron chi connectivity index (χ4n) is 2.89. The first kappa shape index (κ1) is 17.5. The minimum absolute atomic E-state index is 0.115. The second-order valence-corrected chi connectivity index (χ2v) is 9.23. The molecule has 27 heavy (non-hydrogen) atoms. The molecule has 0 spiro atoms. The topological polar surface area (TPSA) is 110 Å². The Morgan fingerprint density at radius 1 is 1.26 bits per heavy atom. The lowest BCUT2D eigenvalue weighted by Gasteiger charge is -2.24. The highest BCUT2D eigenvalue weighted by Gasteiger charge is 2.32. The molecule has 1 N–H and O–H groups in total. The molecule has 4 rings (SSSR count). The van der Waals surface area contributed by atoms with E-state index in [1.807, 2.05) is 0 Å². The van der Waals surface area contributed by atoms with Crippen LogP contribution in [0.2, 0.25) is 0 Å². The number of rotatable bonds is 2. The average molecular weight is 389 g/mol. The number of H-pyrrole nitrogens is 1. The molecule has 0 fully saturated rings. The third kappa shape index (κ3) is 3.16. The van der Waals surface area contributed by atoms with Gasteiger partial charge in [-0.05, 0) is 39.0 Å². The molecule has 0 aliphatic carbocycles. The lowest BCUT2D eigenvalue weighted by Crippen LogP contribution is -2.33. The van der Waals surface area contributed by atoms with Crippen molar-refractivity contribution in [2.75, 3.05) is 0 Å². The molecule has 2 aromatic heterocycles. The van der Waals surface area contributed by atoms with Gasteiger partial charge in [-0.15, -0.1) is 0 Å². The highest BCUT2D eigenvalue weighted by Crippen LogP contribution is 2.26. The number of hydrogen-bond donors (Lipinski definition) is 1. The number of benzene rings is 1. The van der Waals surface area contributed by atoms with Gasteiger partial charge < -0.3 is 4.74 Å². The first-order valence-corrected chi connectivity index (χ1v) is 9.81. The fourth-order valence-corrected chi connectivity index (χ4v) is 4.09. The molecule has 0 radical (unpaired) electrons. The molecular formula is C17H19N5O4S. The van der Waals surface area contributed by atoms with E-state index in [0.717, 1.165) is 9.47 Å². The van der Waals surface area contributed by atoms with Crippen LogP contribution in [0.3, 0.4) is 0 Å². The smallest absolute Gasteiger partial charge is 0.410 e. The summed E-state index contributed by atoms with van der Waals surface area (Å²) in [5.41, 5.74) is 1.28. The van der Waals surface area contributed by atoms with Crippen LogP contribution in [-0.4, -0.2) is 44.4 Å². The van der Waals surface area contributed by atoms with Crippen LogP contribution in [0.4, 0.5) is 4.79 Å². The van der Waals surface area contributed by atoms with Crippen LogP contribution < -0.4 is 0 Å². The van der Waals surface area contributed by atoms with Gasteiger partial charge in [-0.2, -0.15) is 22.7 Å². The summed E-state index contributed by atoms with van der Waals surface area (Å²) in [6.45, 7) is 5.86. The van der Waals surface area contributed by atoms with Crippen molar-refractivity contribution < 1.29 is 17.9 Å². The number of aromatic nitrogens is 4. The minimum atomic E-state index is -3.83. The van der Waals surface area contributed by atoms with E-state index >= 15 is 0 Å². The summed E-state index contributed by atoms with van der Waals surface area (Å²) < 4.78 is 32.0. The van der Waals surface area contributed by atoms with Crippen molar-refractivity contribution in [1.82, 2.24) is 24.3 Å². The monoisotopic (exact) mass is 389 g/mol. The highest BCUT2D eigenvalue weighted by atomic mass is 32.2. The number of carbonyl (C=O) groups excluding carboxylic acids is 1. The van der Waals surface area contributed by atoms with Crippen molar-refractivity contribution in [2.24, 2.45) is 0 Å². The molecule has 1 aromatic carbocycles. The van der Waals surface area contributed by atoms with Crippen molar-refractivity contribution in [2.45, 2.75) is 44.4 Å². The van der Waals surface area contributed by atoms with Crippen LogP contribution in [0.25, 0.3) is 10.9 Å². The number of hydrogen-bond acceptors (Lipinski definition) is 6. The van der Waals surface area contributed by atoms with Gasteiger partial charge in [-0.25, -0.2) is 4.79 Å². The van der Waals surface area contributed by atoms with Gasteiger partial charge in [0.2, 0.25) is 0 Å². The van der Waals surface area contributed by atoms with Crippen molar-refractivity contribution >= 4 is 27.0 Å². The van der Waals surface area contributed by atoms with Crippen LogP contribution in [0, 0.1) is 0 Å². The zero-order valence-electron chi connectivity index (χ0n) is 15.1. The molecule has 0 atom stereocenters. The van der Waals surface area contributed by atoms with Gasteiger partial charge in [0.1, 0.15) is 5.60 Å². The van der Waals surface area contributed by atoms with Gasteiger partial charge in [-0.3, -0.25) is 10.00 Å². The Balaban J connectivity index is 1.58. The third-order valence-corrected chi connectivity index (χ3v) is 5.70. The maximum atomic E-state index is 12.9. The van der Waals surface area contributed by atoms with Crippen LogP contribution >= 0.6 is 0 Å². The Bertz CT molecular complexity index is 1120. The molecule has 1 amide bonds. The third-order valence-electron chi connectivity index (χ3n) is 4.17. The van der Waals surface area contributed by atoms with E-state index in [1.165, 1.54) is 23.2 Å². The Morgan fingerprint density at radius 2 is 2.04 bits per heavy atom. The fraction of sp³-hybridized carbons (Fsp3) is 0.353. The molecule has 10 heteroatoms. The quantitative estimate of drug-likeness (QED) is 0.720. The van der Waals surface area contributed by atoms with Gasteiger partial charge in [0.15, 0.2) is 0 Å². The Hall–Kier alpha value is -2.88. The predicted molar refractivity (Wildman–Crippen MR) is 96.4 cm³/mol. The lowest BCUT2D eigenvalue weighted by atomic mass is 10.2. The van der Waals surface area contributed by atoms with E-state index in [1.54, 1.807) is 33.0 Å². The number of fused-ring (bicyclic) bond motifs is 2. The maximum Gasteiger partial charge on any atom is 0.410 e. The van der Waals surface area contributed by atoms with Gasteiger partial charge >= 0.3 is 6.09 Å². The standard InChI is InChI=1S/C17H19N5O4S/c1-17(2,3)26-16(23)21-8-12-9-22(20-15(12)10-21)27(24,25)13-5-4-11-7-18-19-14(11)6-13/h4-7,9H,8,10H2,1-3H3,(H,18,19). The lowest BCUT2D eigenvalue weighted by molar-refractivity contribution is 0.0239. The number of aromatic amines is 1. The van der Waals surface area contributed by atoms with Crippen molar-refractivity contribution in [1.29, 1.82) is 0 Å². The Morgan fingerprint density at radius 3 is 2.74 bits per heavy atom. The number of ether oxygens (including phenoxy) is 1. The molecule has 0 saturated carbocycles. The number of nitrogens with zero attached hydrogens (tertiary/aromatic N) is 4. The molecule has 0 unspecified atom stereocenters. The summed E-state index contributed by atoms with van der Waals surface area (Å²) >= 11 is 0. The minimum Gasteiger partial charge on any atom is -0.444 e. The molecule has 0 bridgehead atoms. The second kappa shape index (κ2) is 5.81. The largest absolute Gasteiger partial charge is 0.444 e.